The van der Waals surface area contributed by atoms with Crippen LogP contribution in [0.1, 0.15) is 76.6 Å². The molecule has 5 atom stereocenters. The summed E-state index contributed by atoms with van der Waals surface area (Å²) >= 11 is 0. The predicted molar refractivity (Wildman–Crippen MR) is 236 cm³/mol. The Morgan fingerprint density at radius 3 is 1.94 bits per heavy atom. The number of ether oxygens (including phenoxy) is 2. The maximum absolute atomic E-state index is 14.2. The van der Waals surface area contributed by atoms with E-state index in [2.05, 4.69) is 81.3 Å². The first kappa shape index (κ1) is 42.0. The van der Waals surface area contributed by atoms with Gasteiger partial charge in [0.25, 0.3) is 0 Å². The molecule has 0 bridgehead atoms. The van der Waals surface area contributed by atoms with Gasteiger partial charge in [0.2, 0.25) is 11.8 Å². The largest absolute Gasteiger partial charge is 0.453 e. The Balaban J connectivity index is 0.936. The van der Waals surface area contributed by atoms with E-state index in [4.69, 9.17) is 19.4 Å². The minimum absolute atomic E-state index is 0.108. The topological polar surface area (TPSA) is 175 Å². The lowest BCUT2D eigenvalue weighted by Gasteiger charge is -2.38. The first-order valence-corrected chi connectivity index (χ1v) is 21.4. The Morgan fingerprint density at radius 2 is 1.32 bits per heavy atom. The van der Waals surface area contributed by atoms with E-state index in [1.807, 2.05) is 67.1 Å². The lowest BCUT2D eigenvalue weighted by atomic mass is 9.76. The number of carbonyl (C=O) groups is 4. The number of imidazole rings is 2. The molecule has 3 aromatic carbocycles. The number of aromatic nitrogens is 4. The molecule has 5 aromatic rings. The summed E-state index contributed by atoms with van der Waals surface area (Å²) in [5.41, 5.74) is 7.21. The Bertz CT molecular complexity index is 2510. The number of aromatic amines is 2. The van der Waals surface area contributed by atoms with E-state index in [1.54, 1.807) is 0 Å². The van der Waals surface area contributed by atoms with Crippen LogP contribution in [-0.2, 0) is 19.1 Å². The molecule has 2 aliphatic heterocycles. The molecule has 2 aromatic heterocycles. The number of H-pyrrole nitrogens is 2. The van der Waals surface area contributed by atoms with Crippen molar-refractivity contribution < 1.29 is 28.7 Å². The van der Waals surface area contributed by atoms with Crippen molar-refractivity contribution in [2.75, 3.05) is 27.3 Å². The first-order valence-electron chi connectivity index (χ1n) is 21.4. The van der Waals surface area contributed by atoms with E-state index in [1.165, 1.54) is 14.2 Å². The second-order valence-electron chi connectivity index (χ2n) is 17.0. The molecular weight excluding hydrogens is 785 g/mol. The minimum Gasteiger partial charge on any atom is -0.453 e. The summed E-state index contributed by atoms with van der Waals surface area (Å²) in [4.78, 5) is 72.5. The van der Waals surface area contributed by atoms with Crippen LogP contribution in [0.2, 0.25) is 0 Å². The highest BCUT2D eigenvalue weighted by Crippen LogP contribution is 2.38. The number of allylic oxidation sites excluding steroid dienone is 3. The van der Waals surface area contributed by atoms with Crippen LogP contribution in [0.3, 0.4) is 0 Å². The monoisotopic (exact) mass is 838 g/mol. The molecule has 2 fully saturated rings. The second-order valence-corrected chi connectivity index (χ2v) is 17.0. The molecule has 4 N–H and O–H groups in total. The number of likely N-dealkylation sites (tertiary alicyclic amines) is 2. The van der Waals surface area contributed by atoms with Crippen molar-refractivity contribution in [1.29, 1.82) is 0 Å². The summed E-state index contributed by atoms with van der Waals surface area (Å²) in [6.45, 7) is 6.96. The van der Waals surface area contributed by atoms with Crippen molar-refractivity contribution in [2.45, 2.75) is 77.0 Å². The Kier molecular flexibility index (Phi) is 12.0. The molecule has 8 rings (SSSR count). The van der Waals surface area contributed by atoms with Gasteiger partial charge < -0.3 is 39.9 Å². The number of amides is 4. The highest BCUT2D eigenvalue weighted by Gasteiger charge is 2.44. The van der Waals surface area contributed by atoms with Crippen molar-refractivity contribution in [3.63, 3.8) is 0 Å². The van der Waals surface area contributed by atoms with Crippen LogP contribution in [0.5, 0.6) is 0 Å². The quantitative estimate of drug-likeness (QED) is 0.103. The van der Waals surface area contributed by atoms with Crippen molar-refractivity contribution in [3.05, 3.63) is 109 Å². The molecule has 0 saturated carbocycles. The van der Waals surface area contributed by atoms with Gasteiger partial charge in [0, 0.05) is 18.5 Å². The number of alkyl carbamates (subject to hydrolysis) is 2. The van der Waals surface area contributed by atoms with Crippen LogP contribution in [0.4, 0.5) is 9.59 Å². The molecule has 14 nitrogen and oxygen atoms in total. The number of fused-ring (bicyclic) bond motifs is 1. The van der Waals surface area contributed by atoms with Crippen molar-refractivity contribution in [1.82, 2.24) is 40.4 Å². The summed E-state index contributed by atoms with van der Waals surface area (Å²) in [5.74, 6) is 1.06. The fourth-order valence-corrected chi connectivity index (χ4v) is 9.03. The van der Waals surface area contributed by atoms with Gasteiger partial charge in [-0.15, -0.1) is 0 Å². The summed E-state index contributed by atoms with van der Waals surface area (Å²) in [6, 6.07) is 21.0. The van der Waals surface area contributed by atoms with Crippen LogP contribution in [0.25, 0.3) is 44.5 Å². The van der Waals surface area contributed by atoms with E-state index in [0.717, 1.165) is 81.9 Å². The van der Waals surface area contributed by atoms with Crippen LogP contribution in [-0.4, -0.2) is 93.1 Å². The van der Waals surface area contributed by atoms with Crippen molar-refractivity contribution in [3.8, 4) is 33.5 Å². The van der Waals surface area contributed by atoms with Gasteiger partial charge in [-0.25, -0.2) is 19.6 Å². The van der Waals surface area contributed by atoms with Gasteiger partial charge in [0.1, 0.15) is 23.7 Å². The standard InChI is InChI=1S/C48H54N8O6/c1-29(2)40(53-46(59)61-4)44(57)55-25-10-12-39(55)43-50-35-22-21-34(27-36(35)51-43)32-15-13-30(14-16-32)31-17-19-33(20-18-31)37-28-49-42(52-37)38-11-9-26-56(38)45(58)41(54-47(60)62-5)48(3)23-7-6-8-24-48/h6-8,13-23,27-29,38-41H,9-12,24-26H2,1-5H3,(H,49,52)(H,50,51)(H,53,59)(H,54,60)/t38-,39-,40?,41-,48?/m0/s1. The van der Waals surface area contributed by atoms with E-state index >= 15 is 0 Å². The van der Waals surface area contributed by atoms with Gasteiger partial charge in [-0.2, -0.15) is 0 Å². The maximum Gasteiger partial charge on any atom is 0.407 e. The average Bonchev–Trinajstić information content (AvgIpc) is 4.13. The number of hydrogen-bond acceptors (Lipinski definition) is 8. The predicted octanol–water partition coefficient (Wildman–Crippen LogP) is 8.24. The number of rotatable bonds is 11. The second kappa shape index (κ2) is 17.7. The molecule has 1 aliphatic carbocycles. The Labute approximate surface area is 361 Å². The molecule has 14 heteroatoms. The third-order valence-corrected chi connectivity index (χ3v) is 12.6. The summed E-state index contributed by atoms with van der Waals surface area (Å²) in [5, 5.41) is 5.53. The zero-order valence-electron chi connectivity index (χ0n) is 35.8. The van der Waals surface area contributed by atoms with Crippen LogP contribution >= 0.6 is 0 Å². The molecule has 4 heterocycles. The summed E-state index contributed by atoms with van der Waals surface area (Å²) in [6.07, 6.45) is 12.2. The number of nitrogens with zero attached hydrogens (tertiary/aromatic N) is 4. The molecule has 0 radical (unpaired) electrons. The van der Waals surface area contributed by atoms with E-state index < -0.39 is 29.7 Å². The molecule has 62 heavy (non-hydrogen) atoms. The SMILES string of the molecule is COC(=O)NC(C(=O)N1CCC[C@H]1c1nc2ccc(-c3ccc(-c4ccc(-c5cnc([C@@H]6CCCN6C(=O)[C@H](NC(=O)OC)C6(C)C=CC=CC6)[nH]5)cc4)cc3)cc2[nH]1)C(C)C. The summed E-state index contributed by atoms with van der Waals surface area (Å²) in [7, 11) is 2.60. The van der Waals surface area contributed by atoms with Crippen LogP contribution < -0.4 is 10.6 Å². The normalized spacial score (nSPS) is 20.7. The van der Waals surface area contributed by atoms with Gasteiger partial charge in [-0.3, -0.25) is 9.59 Å². The highest BCUT2D eigenvalue weighted by atomic mass is 16.5. The number of benzene rings is 3. The molecular formula is C48H54N8O6. The third kappa shape index (κ3) is 8.46. The zero-order valence-corrected chi connectivity index (χ0v) is 35.8. The van der Waals surface area contributed by atoms with Gasteiger partial charge in [-0.05, 0) is 78.0 Å². The van der Waals surface area contributed by atoms with Crippen LogP contribution in [0.15, 0.2) is 97.2 Å². The molecule has 2 unspecified atom stereocenters. The fraction of sp³-hybridized carbons (Fsp3) is 0.375. The zero-order chi connectivity index (χ0) is 43.5. The number of nitrogens with one attached hydrogen (secondary N) is 4. The minimum atomic E-state index is -0.794. The van der Waals surface area contributed by atoms with Crippen molar-refractivity contribution in [2.24, 2.45) is 11.3 Å². The lowest BCUT2D eigenvalue weighted by Crippen LogP contribution is -2.55. The van der Waals surface area contributed by atoms with Gasteiger partial charge in [0.05, 0.1) is 49.2 Å². The fourth-order valence-electron chi connectivity index (χ4n) is 9.03. The lowest BCUT2D eigenvalue weighted by molar-refractivity contribution is -0.137. The molecule has 4 amide bonds. The maximum atomic E-state index is 14.2. The summed E-state index contributed by atoms with van der Waals surface area (Å²) < 4.78 is 9.68. The molecule has 0 spiro atoms. The number of carbonyl (C=O) groups excluding carboxylic acids is 4. The smallest absolute Gasteiger partial charge is 0.407 e. The Morgan fingerprint density at radius 1 is 0.742 bits per heavy atom. The van der Waals surface area contributed by atoms with Gasteiger partial charge >= 0.3 is 12.2 Å². The Hall–Kier alpha value is -6.70. The molecule has 2 saturated heterocycles. The third-order valence-electron chi connectivity index (χ3n) is 12.6. The average molecular weight is 839 g/mol. The number of methoxy groups -OCH3 is 2. The van der Waals surface area contributed by atoms with E-state index in [0.29, 0.717) is 19.5 Å². The van der Waals surface area contributed by atoms with E-state index in [-0.39, 0.29) is 29.8 Å². The van der Waals surface area contributed by atoms with Gasteiger partial charge in [-0.1, -0.05) is 99.7 Å². The van der Waals surface area contributed by atoms with E-state index in [9.17, 15) is 19.2 Å². The highest BCUT2D eigenvalue weighted by molar-refractivity contribution is 5.88. The molecule has 3 aliphatic rings. The van der Waals surface area contributed by atoms with Gasteiger partial charge in [0.15, 0.2) is 0 Å². The van der Waals surface area contributed by atoms with Crippen molar-refractivity contribution >= 4 is 35.0 Å². The number of hydrogen-bond donors (Lipinski definition) is 4. The first-order chi connectivity index (χ1) is 30.0. The van der Waals surface area contributed by atoms with Crippen LogP contribution in [0, 0.1) is 11.3 Å². The molecule has 322 valence electrons.